The van der Waals surface area contributed by atoms with Crippen LogP contribution < -0.4 is 5.32 Å². The number of hydrogen-bond donors (Lipinski definition) is 1. The van der Waals surface area contributed by atoms with E-state index in [4.69, 9.17) is 4.52 Å². The summed E-state index contributed by atoms with van der Waals surface area (Å²) >= 11 is 0. The maximum atomic E-state index is 5.50. The maximum Gasteiger partial charge on any atom is 0.231 e. The summed E-state index contributed by atoms with van der Waals surface area (Å²) in [4.78, 5) is 8.97. The quantitative estimate of drug-likeness (QED) is 0.884. The molecule has 114 valence electrons. The highest BCUT2D eigenvalue weighted by molar-refractivity contribution is 5.55. The Bertz CT molecular complexity index is 573. The fraction of sp³-hybridized carbons (Fsp3) is 0.562. The van der Waals surface area contributed by atoms with E-state index >= 15 is 0 Å². The first kappa shape index (κ1) is 15.6. The Kier molecular flexibility index (Phi) is 5.07. The second-order valence-electron chi connectivity index (χ2n) is 5.46. The minimum atomic E-state index is 0.232. The molecule has 0 radical (unpaired) electrons. The molecule has 2 heterocycles. The van der Waals surface area contributed by atoms with Crippen LogP contribution in [0.25, 0.3) is 11.4 Å². The number of hydrogen-bond acceptors (Lipinski definition) is 5. The van der Waals surface area contributed by atoms with Crippen molar-refractivity contribution < 1.29 is 4.52 Å². The average Bonchev–Trinajstić information content (AvgIpc) is 2.88. The van der Waals surface area contributed by atoms with E-state index in [9.17, 15) is 0 Å². The molecule has 0 amide bonds. The zero-order valence-electron chi connectivity index (χ0n) is 13.5. The number of nitrogens with zero attached hydrogens (tertiary/aromatic N) is 3. The van der Waals surface area contributed by atoms with Crippen LogP contribution in [0.4, 0.5) is 0 Å². The third-order valence-electron chi connectivity index (χ3n) is 3.67. The molecule has 0 aliphatic heterocycles. The van der Waals surface area contributed by atoms with Crippen molar-refractivity contribution in [3.63, 3.8) is 0 Å². The SMILES string of the molecule is CCNC(C)C(CC)c1nc(-c2cc(C)nc(C)c2)no1. The van der Waals surface area contributed by atoms with Gasteiger partial charge in [-0.1, -0.05) is 19.0 Å². The lowest BCUT2D eigenvalue weighted by Gasteiger charge is -2.19. The number of pyridine rings is 1. The lowest BCUT2D eigenvalue weighted by Crippen LogP contribution is -2.31. The van der Waals surface area contributed by atoms with Gasteiger partial charge in [0.15, 0.2) is 0 Å². The highest BCUT2D eigenvalue weighted by Crippen LogP contribution is 2.25. The van der Waals surface area contributed by atoms with Gasteiger partial charge in [-0.25, -0.2) is 0 Å². The Balaban J connectivity index is 2.27. The summed E-state index contributed by atoms with van der Waals surface area (Å²) in [5.41, 5.74) is 2.88. The van der Waals surface area contributed by atoms with E-state index in [0.29, 0.717) is 17.8 Å². The number of rotatable bonds is 6. The van der Waals surface area contributed by atoms with Gasteiger partial charge in [-0.15, -0.1) is 0 Å². The topological polar surface area (TPSA) is 63.8 Å². The Morgan fingerprint density at radius 2 is 1.81 bits per heavy atom. The Morgan fingerprint density at radius 1 is 1.14 bits per heavy atom. The van der Waals surface area contributed by atoms with Crippen molar-refractivity contribution in [1.29, 1.82) is 0 Å². The molecule has 0 bridgehead atoms. The molecule has 2 atom stereocenters. The van der Waals surface area contributed by atoms with Gasteiger partial charge < -0.3 is 9.84 Å². The summed E-state index contributed by atoms with van der Waals surface area (Å²) in [6.07, 6.45) is 0.963. The summed E-state index contributed by atoms with van der Waals surface area (Å²) in [7, 11) is 0. The number of likely N-dealkylation sites (N-methyl/N-ethyl adjacent to an activating group) is 1. The molecule has 2 unspecified atom stereocenters. The zero-order chi connectivity index (χ0) is 15.4. The summed E-state index contributed by atoms with van der Waals surface area (Å²) < 4.78 is 5.50. The van der Waals surface area contributed by atoms with Crippen molar-refractivity contribution in [1.82, 2.24) is 20.4 Å². The first-order valence-electron chi connectivity index (χ1n) is 7.57. The molecular weight excluding hydrogens is 264 g/mol. The zero-order valence-corrected chi connectivity index (χ0v) is 13.5. The predicted molar refractivity (Wildman–Crippen MR) is 83.2 cm³/mol. The number of nitrogens with one attached hydrogen (secondary N) is 1. The largest absolute Gasteiger partial charge is 0.339 e. The van der Waals surface area contributed by atoms with E-state index < -0.39 is 0 Å². The van der Waals surface area contributed by atoms with Crippen molar-refractivity contribution in [3.05, 3.63) is 29.4 Å². The number of aromatic nitrogens is 3. The van der Waals surface area contributed by atoms with Gasteiger partial charge in [0.25, 0.3) is 0 Å². The van der Waals surface area contributed by atoms with E-state index in [1.807, 2.05) is 26.0 Å². The fourth-order valence-corrected chi connectivity index (χ4v) is 2.67. The molecule has 2 aromatic heterocycles. The maximum absolute atomic E-state index is 5.50. The summed E-state index contributed by atoms with van der Waals surface area (Å²) in [6.45, 7) is 11.3. The Hall–Kier alpha value is -1.75. The molecule has 0 fully saturated rings. The standard InChI is InChI=1S/C16H24N4O/c1-6-14(12(5)17-7-2)16-19-15(20-21-16)13-8-10(3)18-11(4)9-13/h8-9,12,14,17H,6-7H2,1-5H3. The Labute approximate surface area is 126 Å². The van der Waals surface area contributed by atoms with Crippen LogP contribution >= 0.6 is 0 Å². The van der Waals surface area contributed by atoms with Crippen LogP contribution in [-0.2, 0) is 0 Å². The van der Waals surface area contributed by atoms with Crippen LogP contribution in [0.2, 0.25) is 0 Å². The lowest BCUT2D eigenvalue weighted by atomic mass is 9.98. The molecule has 0 aliphatic rings. The highest BCUT2D eigenvalue weighted by Gasteiger charge is 2.23. The molecular formula is C16H24N4O. The second kappa shape index (κ2) is 6.80. The monoisotopic (exact) mass is 288 g/mol. The van der Waals surface area contributed by atoms with Gasteiger partial charge in [0.05, 0.1) is 5.92 Å². The van der Waals surface area contributed by atoms with E-state index in [2.05, 4.69) is 41.2 Å². The van der Waals surface area contributed by atoms with Gasteiger partial charge in [0.2, 0.25) is 11.7 Å². The van der Waals surface area contributed by atoms with Crippen LogP contribution in [0.1, 0.15) is 50.4 Å². The summed E-state index contributed by atoms with van der Waals surface area (Å²) in [6, 6.07) is 4.28. The molecule has 0 saturated carbocycles. The van der Waals surface area contributed by atoms with Gasteiger partial charge >= 0.3 is 0 Å². The van der Waals surface area contributed by atoms with E-state index in [1.54, 1.807) is 0 Å². The van der Waals surface area contributed by atoms with Crippen LogP contribution in [0.15, 0.2) is 16.7 Å². The van der Waals surface area contributed by atoms with Crippen molar-refractivity contribution in [3.8, 4) is 11.4 Å². The van der Waals surface area contributed by atoms with Crippen molar-refractivity contribution in [2.24, 2.45) is 0 Å². The van der Waals surface area contributed by atoms with E-state index in [1.165, 1.54) is 0 Å². The molecule has 5 heteroatoms. The van der Waals surface area contributed by atoms with Gasteiger partial charge in [0, 0.05) is 23.0 Å². The third-order valence-corrected chi connectivity index (χ3v) is 3.67. The predicted octanol–water partition coefficient (Wildman–Crippen LogP) is 3.24. The molecule has 21 heavy (non-hydrogen) atoms. The molecule has 0 saturated heterocycles. The molecule has 2 aromatic rings. The molecule has 0 aromatic carbocycles. The molecule has 0 spiro atoms. The van der Waals surface area contributed by atoms with Crippen LogP contribution in [0.5, 0.6) is 0 Å². The third kappa shape index (κ3) is 3.67. The molecule has 0 aliphatic carbocycles. The van der Waals surface area contributed by atoms with Crippen molar-refractivity contribution >= 4 is 0 Å². The van der Waals surface area contributed by atoms with Gasteiger partial charge in [-0.05, 0) is 45.9 Å². The highest BCUT2D eigenvalue weighted by atomic mass is 16.5. The summed E-state index contributed by atoms with van der Waals surface area (Å²) in [5.74, 6) is 1.57. The first-order valence-corrected chi connectivity index (χ1v) is 7.57. The van der Waals surface area contributed by atoms with E-state index in [-0.39, 0.29) is 5.92 Å². The fourth-order valence-electron chi connectivity index (χ4n) is 2.67. The smallest absolute Gasteiger partial charge is 0.231 e. The normalized spacial score (nSPS) is 14.1. The van der Waals surface area contributed by atoms with Crippen LogP contribution in [-0.4, -0.2) is 27.7 Å². The first-order chi connectivity index (χ1) is 10.0. The summed E-state index contributed by atoms with van der Waals surface area (Å²) in [5, 5.41) is 7.56. The lowest BCUT2D eigenvalue weighted by molar-refractivity contribution is 0.318. The Morgan fingerprint density at radius 3 is 2.38 bits per heavy atom. The van der Waals surface area contributed by atoms with Gasteiger partial charge in [-0.3, -0.25) is 4.98 Å². The number of aryl methyl sites for hydroxylation is 2. The molecule has 1 N–H and O–H groups in total. The van der Waals surface area contributed by atoms with Gasteiger partial charge in [0.1, 0.15) is 0 Å². The van der Waals surface area contributed by atoms with Crippen LogP contribution in [0, 0.1) is 13.8 Å². The van der Waals surface area contributed by atoms with Crippen molar-refractivity contribution in [2.45, 2.75) is 53.0 Å². The van der Waals surface area contributed by atoms with Crippen molar-refractivity contribution in [2.75, 3.05) is 6.54 Å². The second-order valence-corrected chi connectivity index (χ2v) is 5.46. The van der Waals surface area contributed by atoms with E-state index in [0.717, 1.165) is 29.9 Å². The average molecular weight is 288 g/mol. The van der Waals surface area contributed by atoms with Gasteiger partial charge in [-0.2, -0.15) is 4.98 Å². The molecule has 5 nitrogen and oxygen atoms in total. The van der Waals surface area contributed by atoms with Crippen LogP contribution in [0.3, 0.4) is 0 Å². The minimum Gasteiger partial charge on any atom is -0.339 e. The minimum absolute atomic E-state index is 0.232. The molecule has 2 rings (SSSR count).